The molecule has 0 radical (unpaired) electrons. The van der Waals surface area contributed by atoms with Crippen molar-refractivity contribution < 1.29 is 0 Å². The van der Waals surface area contributed by atoms with Gasteiger partial charge in [0.1, 0.15) is 0 Å². The quantitative estimate of drug-likeness (QED) is 0.805. The molecule has 0 aliphatic heterocycles. The normalized spacial score (nSPS) is 10.3. The summed E-state index contributed by atoms with van der Waals surface area (Å²) in [7, 11) is 0. The molecule has 0 aliphatic rings. The van der Waals surface area contributed by atoms with Crippen LogP contribution in [0.2, 0.25) is 0 Å². The van der Waals surface area contributed by atoms with Gasteiger partial charge < -0.3 is 11.1 Å². The first-order valence-corrected chi connectivity index (χ1v) is 6.24. The molecular formula is C14H15BrN2. The van der Waals surface area contributed by atoms with E-state index in [1.807, 2.05) is 25.1 Å². The smallest absolute Gasteiger partial charge is 0.0398 e. The third kappa shape index (κ3) is 3.01. The summed E-state index contributed by atoms with van der Waals surface area (Å²) in [6.07, 6.45) is 0. The largest absolute Gasteiger partial charge is 0.399 e. The Balaban J connectivity index is 2.28. The summed E-state index contributed by atoms with van der Waals surface area (Å²) < 4.78 is 1.08. The lowest BCUT2D eigenvalue weighted by atomic mass is 10.1. The van der Waals surface area contributed by atoms with Gasteiger partial charge in [0.05, 0.1) is 0 Å². The van der Waals surface area contributed by atoms with Crippen molar-refractivity contribution in [2.24, 2.45) is 0 Å². The molecule has 0 bridgehead atoms. The van der Waals surface area contributed by atoms with Crippen LogP contribution in [-0.2, 0) is 0 Å². The Kier molecular flexibility index (Phi) is 3.38. The second kappa shape index (κ2) is 4.80. The first-order chi connectivity index (χ1) is 8.04. The van der Waals surface area contributed by atoms with Gasteiger partial charge >= 0.3 is 0 Å². The van der Waals surface area contributed by atoms with Crippen molar-refractivity contribution in [2.45, 2.75) is 13.8 Å². The zero-order chi connectivity index (χ0) is 12.4. The van der Waals surface area contributed by atoms with Crippen LogP contribution in [0.3, 0.4) is 0 Å². The average molecular weight is 291 g/mol. The topological polar surface area (TPSA) is 38.0 Å². The molecule has 0 aliphatic carbocycles. The van der Waals surface area contributed by atoms with Crippen LogP contribution in [0.25, 0.3) is 0 Å². The van der Waals surface area contributed by atoms with Gasteiger partial charge in [-0.25, -0.2) is 0 Å². The molecule has 0 spiro atoms. The maximum atomic E-state index is 5.80. The number of nitrogens with one attached hydrogen (secondary N) is 1. The highest BCUT2D eigenvalue weighted by molar-refractivity contribution is 9.10. The van der Waals surface area contributed by atoms with Crippen LogP contribution in [0.4, 0.5) is 17.1 Å². The van der Waals surface area contributed by atoms with Crippen molar-refractivity contribution in [3.63, 3.8) is 0 Å². The van der Waals surface area contributed by atoms with Gasteiger partial charge in [-0.2, -0.15) is 0 Å². The second-order valence-electron chi connectivity index (χ2n) is 4.21. The Morgan fingerprint density at radius 1 is 1.00 bits per heavy atom. The molecule has 0 saturated carbocycles. The molecule has 3 N–H and O–H groups in total. The minimum Gasteiger partial charge on any atom is -0.399 e. The molecule has 0 unspecified atom stereocenters. The molecule has 2 nitrogen and oxygen atoms in total. The Morgan fingerprint density at radius 2 is 1.76 bits per heavy atom. The number of hydrogen-bond donors (Lipinski definition) is 2. The van der Waals surface area contributed by atoms with Gasteiger partial charge in [0, 0.05) is 21.5 Å². The third-order valence-electron chi connectivity index (χ3n) is 2.60. The Morgan fingerprint density at radius 3 is 2.41 bits per heavy atom. The van der Waals surface area contributed by atoms with Gasteiger partial charge in [-0.05, 0) is 61.4 Å². The van der Waals surface area contributed by atoms with E-state index in [4.69, 9.17) is 5.73 Å². The summed E-state index contributed by atoms with van der Waals surface area (Å²) in [6, 6.07) is 12.2. The Bertz CT molecular complexity index is 530. The number of rotatable bonds is 2. The maximum absolute atomic E-state index is 5.80. The van der Waals surface area contributed by atoms with Crippen LogP contribution in [0, 0.1) is 13.8 Å². The molecule has 88 valence electrons. The highest BCUT2D eigenvalue weighted by Crippen LogP contribution is 2.24. The molecular weight excluding hydrogens is 276 g/mol. The molecule has 0 amide bonds. The second-order valence-corrected chi connectivity index (χ2v) is 5.13. The monoisotopic (exact) mass is 290 g/mol. The van der Waals surface area contributed by atoms with Crippen molar-refractivity contribution in [3.05, 3.63) is 52.0 Å². The van der Waals surface area contributed by atoms with Gasteiger partial charge in [-0.15, -0.1) is 0 Å². The van der Waals surface area contributed by atoms with Crippen molar-refractivity contribution >= 4 is 33.0 Å². The maximum Gasteiger partial charge on any atom is 0.0398 e. The Hall–Kier alpha value is -1.48. The number of nitrogens with two attached hydrogens (primary N) is 1. The Labute approximate surface area is 110 Å². The van der Waals surface area contributed by atoms with Crippen molar-refractivity contribution in [2.75, 3.05) is 11.1 Å². The summed E-state index contributed by atoms with van der Waals surface area (Å²) >= 11 is 3.49. The van der Waals surface area contributed by atoms with E-state index >= 15 is 0 Å². The molecule has 0 saturated heterocycles. The molecule has 2 aromatic carbocycles. The summed E-state index contributed by atoms with van der Waals surface area (Å²) in [5.74, 6) is 0. The molecule has 0 atom stereocenters. The molecule has 3 heteroatoms. The van der Waals surface area contributed by atoms with Crippen LogP contribution < -0.4 is 11.1 Å². The van der Waals surface area contributed by atoms with E-state index < -0.39 is 0 Å². The zero-order valence-electron chi connectivity index (χ0n) is 9.92. The molecule has 0 aromatic heterocycles. The van der Waals surface area contributed by atoms with Gasteiger partial charge in [0.2, 0.25) is 0 Å². The highest BCUT2D eigenvalue weighted by Gasteiger charge is 1.99. The summed E-state index contributed by atoms with van der Waals surface area (Å²) in [5.41, 5.74) is 11.0. The predicted octanol–water partition coefficient (Wildman–Crippen LogP) is 4.39. The van der Waals surface area contributed by atoms with Crippen molar-refractivity contribution in [3.8, 4) is 0 Å². The zero-order valence-corrected chi connectivity index (χ0v) is 11.5. The van der Waals surface area contributed by atoms with Crippen LogP contribution in [-0.4, -0.2) is 0 Å². The van der Waals surface area contributed by atoms with Gasteiger partial charge in [0.25, 0.3) is 0 Å². The molecule has 0 heterocycles. The number of nitrogen functional groups attached to an aromatic ring is 1. The fourth-order valence-corrected chi connectivity index (χ4v) is 2.34. The minimum absolute atomic E-state index is 0.820. The van der Waals surface area contributed by atoms with Crippen LogP contribution in [0.1, 0.15) is 11.1 Å². The van der Waals surface area contributed by atoms with Gasteiger partial charge in [-0.1, -0.05) is 15.9 Å². The molecule has 17 heavy (non-hydrogen) atoms. The number of aryl methyl sites for hydroxylation is 2. The first-order valence-electron chi connectivity index (χ1n) is 5.45. The number of hydrogen-bond acceptors (Lipinski definition) is 2. The van der Waals surface area contributed by atoms with Crippen molar-refractivity contribution in [1.29, 1.82) is 0 Å². The SMILES string of the molecule is Cc1cc(Br)cc(Nc2ccc(N)c(C)c2)c1. The lowest BCUT2D eigenvalue weighted by Crippen LogP contribution is -1.94. The van der Waals surface area contributed by atoms with Gasteiger partial charge in [-0.3, -0.25) is 0 Å². The lowest BCUT2D eigenvalue weighted by Gasteiger charge is -2.10. The molecule has 2 aromatic rings. The first kappa shape index (κ1) is 12.0. The van der Waals surface area contributed by atoms with Crippen LogP contribution in [0.15, 0.2) is 40.9 Å². The standard InChI is InChI=1S/C14H15BrN2/c1-9-5-11(15)8-13(6-9)17-12-3-4-14(16)10(2)7-12/h3-8,17H,16H2,1-2H3. The van der Waals surface area contributed by atoms with Crippen molar-refractivity contribution in [1.82, 2.24) is 0 Å². The summed E-state index contributed by atoms with van der Waals surface area (Å²) in [5, 5.41) is 3.37. The number of halogens is 1. The minimum atomic E-state index is 0.820. The number of anilines is 3. The lowest BCUT2D eigenvalue weighted by molar-refractivity contribution is 1.41. The fourth-order valence-electron chi connectivity index (χ4n) is 1.73. The van der Waals surface area contributed by atoms with E-state index in [1.165, 1.54) is 5.56 Å². The van der Waals surface area contributed by atoms with Crippen LogP contribution >= 0.6 is 15.9 Å². The third-order valence-corrected chi connectivity index (χ3v) is 3.06. The predicted molar refractivity (Wildman–Crippen MR) is 77.8 cm³/mol. The van der Waals surface area contributed by atoms with Crippen LogP contribution in [0.5, 0.6) is 0 Å². The number of benzene rings is 2. The molecule has 0 fully saturated rings. The van der Waals surface area contributed by atoms with E-state index in [0.717, 1.165) is 27.1 Å². The average Bonchev–Trinajstić information content (AvgIpc) is 2.22. The van der Waals surface area contributed by atoms with E-state index in [0.29, 0.717) is 0 Å². The van der Waals surface area contributed by atoms with E-state index in [2.05, 4.69) is 46.4 Å². The summed E-state index contributed by atoms with van der Waals surface area (Å²) in [6.45, 7) is 4.08. The molecule has 2 rings (SSSR count). The van der Waals surface area contributed by atoms with Gasteiger partial charge in [0.15, 0.2) is 0 Å². The van der Waals surface area contributed by atoms with E-state index in [9.17, 15) is 0 Å². The highest BCUT2D eigenvalue weighted by atomic mass is 79.9. The summed E-state index contributed by atoms with van der Waals surface area (Å²) in [4.78, 5) is 0. The fraction of sp³-hybridized carbons (Fsp3) is 0.143. The van der Waals surface area contributed by atoms with E-state index in [1.54, 1.807) is 0 Å². The van der Waals surface area contributed by atoms with E-state index in [-0.39, 0.29) is 0 Å².